The van der Waals surface area contributed by atoms with E-state index in [2.05, 4.69) is 19.2 Å². The van der Waals surface area contributed by atoms with Gasteiger partial charge in [-0.05, 0) is 49.5 Å². The summed E-state index contributed by atoms with van der Waals surface area (Å²) in [6, 6.07) is 9.44. The Morgan fingerprint density at radius 3 is 2.22 bits per heavy atom. The summed E-state index contributed by atoms with van der Waals surface area (Å²) in [5.74, 6) is -1.59. The summed E-state index contributed by atoms with van der Waals surface area (Å²) in [7, 11) is 0. The van der Waals surface area contributed by atoms with Gasteiger partial charge in [-0.3, -0.25) is 4.79 Å². The molecule has 1 amide bonds. The topological polar surface area (TPSA) is 105 Å². The van der Waals surface area contributed by atoms with E-state index in [1.54, 1.807) is 20.8 Å². The van der Waals surface area contributed by atoms with E-state index in [9.17, 15) is 19.6 Å². The quantitative estimate of drug-likeness (QED) is 0.339. The number of nitrogens with one attached hydrogen (secondary N) is 1. The van der Waals surface area contributed by atoms with Crippen molar-refractivity contribution in [1.29, 1.82) is 5.26 Å². The SMILES string of the molecule is CCOC(=O)c1sc(NC(=O)/C(C#N)=C/c2ccc(C(C)C)cc2)c(C(=O)OCC)c1C. The number of ether oxygens (including phenoxy) is 2. The second kappa shape index (κ2) is 11.3. The number of amides is 1. The lowest BCUT2D eigenvalue weighted by Gasteiger charge is -2.07. The number of nitrogens with zero attached hydrogens (tertiary/aromatic N) is 1. The van der Waals surface area contributed by atoms with Gasteiger partial charge in [0.2, 0.25) is 0 Å². The highest BCUT2D eigenvalue weighted by Crippen LogP contribution is 2.34. The molecule has 7 nitrogen and oxygen atoms in total. The van der Waals surface area contributed by atoms with Gasteiger partial charge < -0.3 is 14.8 Å². The number of benzene rings is 1. The van der Waals surface area contributed by atoms with E-state index in [-0.39, 0.29) is 34.2 Å². The van der Waals surface area contributed by atoms with Crippen LogP contribution in [0.4, 0.5) is 5.00 Å². The molecule has 1 aromatic heterocycles. The second-order valence-corrected chi connectivity index (χ2v) is 8.17. The summed E-state index contributed by atoms with van der Waals surface area (Å²) in [6.45, 7) is 9.37. The van der Waals surface area contributed by atoms with Gasteiger partial charge in [0.05, 0.1) is 18.8 Å². The van der Waals surface area contributed by atoms with Crippen LogP contribution in [0.15, 0.2) is 29.8 Å². The molecule has 0 radical (unpaired) electrons. The largest absolute Gasteiger partial charge is 0.462 e. The molecular formula is C24H26N2O5S. The van der Waals surface area contributed by atoms with Crippen molar-refractivity contribution in [3.8, 4) is 6.07 Å². The van der Waals surface area contributed by atoms with Crippen LogP contribution in [0.3, 0.4) is 0 Å². The molecular weight excluding hydrogens is 428 g/mol. The Morgan fingerprint density at radius 2 is 1.69 bits per heavy atom. The van der Waals surface area contributed by atoms with Crippen molar-refractivity contribution in [2.24, 2.45) is 0 Å². The summed E-state index contributed by atoms with van der Waals surface area (Å²) in [5.41, 5.74) is 2.13. The molecule has 2 rings (SSSR count). The molecule has 0 saturated carbocycles. The van der Waals surface area contributed by atoms with E-state index < -0.39 is 17.8 Å². The van der Waals surface area contributed by atoms with E-state index in [1.165, 1.54) is 6.08 Å². The number of nitriles is 1. The predicted molar refractivity (Wildman–Crippen MR) is 124 cm³/mol. The van der Waals surface area contributed by atoms with Crippen molar-refractivity contribution in [1.82, 2.24) is 0 Å². The van der Waals surface area contributed by atoms with Crippen molar-refractivity contribution >= 4 is 40.3 Å². The summed E-state index contributed by atoms with van der Waals surface area (Å²) < 4.78 is 10.1. The molecule has 2 aromatic rings. The number of esters is 2. The number of hydrogen-bond donors (Lipinski definition) is 1. The van der Waals surface area contributed by atoms with Gasteiger partial charge in [0.1, 0.15) is 21.5 Å². The lowest BCUT2D eigenvalue weighted by molar-refractivity contribution is -0.112. The van der Waals surface area contributed by atoms with Gasteiger partial charge in [-0.15, -0.1) is 11.3 Å². The fourth-order valence-corrected chi connectivity index (χ4v) is 3.99. The van der Waals surface area contributed by atoms with Crippen molar-refractivity contribution in [2.75, 3.05) is 18.5 Å². The first-order valence-electron chi connectivity index (χ1n) is 10.2. The third-order valence-electron chi connectivity index (χ3n) is 4.59. The highest BCUT2D eigenvalue weighted by atomic mass is 32.1. The zero-order valence-electron chi connectivity index (χ0n) is 18.8. The van der Waals surface area contributed by atoms with Crippen LogP contribution >= 0.6 is 11.3 Å². The average molecular weight is 455 g/mol. The predicted octanol–water partition coefficient (Wildman–Crippen LogP) is 5.08. The smallest absolute Gasteiger partial charge is 0.348 e. The normalized spacial score (nSPS) is 11.1. The molecule has 0 atom stereocenters. The second-order valence-electron chi connectivity index (χ2n) is 7.15. The van der Waals surface area contributed by atoms with Crippen LogP contribution in [0.1, 0.15) is 70.3 Å². The van der Waals surface area contributed by atoms with Crippen molar-refractivity contribution < 1.29 is 23.9 Å². The summed E-state index contributed by atoms with van der Waals surface area (Å²) >= 11 is 0.912. The minimum atomic E-state index is -0.692. The van der Waals surface area contributed by atoms with E-state index in [4.69, 9.17) is 9.47 Å². The van der Waals surface area contributed by atoms with Crippen LogP contribution in [0.25, 0.3) is 6.08 Å². The van der Waals surface area contributed by atoms with Crippen molar-refractivity contribution in [3.63, 3.8) is 0 Å². The first-order chi connectivity index (χ1) is 15.2. The van der Waals surface area contributed by atoms with E-state index >= 15 is 0 Å². The Hall–Kier alpha value is -3.44. The van der Waals surface area contributed by atoms with Crippen molar-refractivity contribution in [3.05, 3.63) is 57.0 Å². The van der Waals surface area contributed by atoms with Gasteiger partial charge in [-0.2, -0.15) is 5.26 Å². The molecule has 0 saturated heterocycles. The first kappa shape index (κ1) is 24.8. The van der Waals surface area contributed by atoms with Crippen LogP contribution in [0.2, 0.25) is 0 Å². The Balaban J connectivity index is 2.39. The first-order valence-corrected chi connectivity index (χ1v) is 11.1. The van der Waals surface area contributed by atoms with Gasteiger partial charge in [-0.25, -0.2) is 9.59 Å². The Bertz CT molecular complexity index is 1080. The molecule has 8 heteroatoms. The maximum Gasteiger partial charge on any atom is 0.348 e. The lowest BCUT2D eigenvalue weighted by atomic mass is 10.0. The molecule has 0 fully saturated rings. The van der Waals surface area contributed by atoms with Crippen LogP contribution in [-0.4, -0.2) is 31.1 Å². The Kier molecular flexibility index (Phi) is 8.73. The zero-order chi connectivity index (χ0) is 23.8. The van der Waals surface area contributed by atoms with E-state index in [1.807, 2.05) is 30.3 Å². The summed E-state index contributed by atoms with van der Waals surface area (Å²) in [6.07, 6.45) is 1.47. The fourth-order valence-electron chi connectivity index (χ4n) is 2.90. The monoisotopic (exact) mass is 454 g/mol. The van der Waals surface area contributed by atoms with Crippen LogP contribution in [-0.2, 0) is 14.3 Å². The van der Waals surface area contributed by atoms with E-state index in [0.717, 1.165) is 16.9 Å². The number of carbonyl (C=O) groups excluding carboxylic acids is 3. The average Bonchev–Trinajstić information content (AvgIpc) is 3.08. The van der Waals surface area contributed by atoms with Crippen LogP contribution < -0.4 is 5.32 Å². The highest BCUT2D eigenvalue weighted by Gasteiger charge is 2.27. The van der Waals surface area contributed by atoms with Gasteiger partial charge in [-0.1, -0.05) is 38.1 Å². The third-order valence-corrected chi connectivity index (χ3v) is 5.78. The minimum Gasteiger partial charge on any atom is -0.462 e. The zero-order valence-corrected chi connectivity index (χ0v) is 19.6. The number of thiophene rings is 1. The van der Waals surface area contributed by atoms with Gasteiger partial charge in [0, 0.05) is 0 Å². The number of rotatable bonds is 8. The van der Waals surface area contributed by atoms with Crippen LogP contribution in [0.5, 0.6) is 0 Å². The lowest BCUT2D eigenvalue weighted by Crippen LogP contribution is -2.16. The Labute approximate surface area is 191 Å². The van der Waals surface area contributed by atoms with Crippen LogP contribution in [0, 0.1) is 18.3 Å². The maximum atomic E-state index is 12.8. The number of carbonyl (C=O) groups is 3. The molecule has 1 aromatic carbocycles. The maximum absolute atomic E-state index is 12.8. The van der Waals surface area contributed by atoms with Gasteiger partial charge >= 0.3 is 11.9 Å². The fraction of sp³-hybridized carbons (Fsp3) is 0.333. The summed E-state index contributed by atoms with van der Waals surface area (Å²) in [5, 5.41) is 12.2. The molecule has 0 spiro atoms. The molecule has 1 N–H and O–H groups in total. The highest BCUT2D eigenvalue weighted by molar-refractivity contribution is 7.18. The minimum absolute atomic E-state index is 0.0758. The van der Waals surface area contributed by atoms with E-state index in [0.29, 0.717) is 17.0 Å². The molecule has 0 unspecified atom stereocenters. The number of hydrogen-bond acceptors (Lipinski definition) is 7. The molecule has 0 aliphatic rings. The molecule has 1 heterocycles. The van der Waals surface area contributed by atoms with Crippen molar-refractivity contribution in [2.45, 2.75) is 40.5 Å². The van der Waals surface area contributed by atoms with Gasteiger partial charge in [0.25, 0.3) is 5.91 Å². The molecule has 0 bridgehead atoms. The number of anilines is 1. The standard InChI is InChI=1S/C24H26N2O5S/c1-6-30-23(28)19-15(5)20(24(29)31-7-2)32-22(19)26-21(27)18(13-25)12-16-8-10-17(11-9-16)14(3)4/h8-12,14H,6-7H2,1-5H3,(H,26,27)/b18-12+. The van der Waals surface area contributed by atoms with Gasteiger partial charge in [0.15, 0.2) is 0 Å². The molecule has 0 aliphatic heterocycles. The third kappa shape index (κ3) is 5.83. The molecule has 0 aliphatic carbocycles. The summed E-state index contributed by atoms with van der Waals surface area (Å²) in [4.78, 5) is 37.7. The molecule has 168 valence electrons. The Morgan fingerprint density at radius 1 is 1.09 bits per heavy atom. The molecule has 32 heavy (non-hydrogen) atoms.